The molecule has 0 saturated carbocycles. The molecule has 10 heteroatoms. The van der Waals surface area contributed by atoms with Crippen LogP contribution in [0.15, 0.2) is 97.6 Å². The lowest BCUT2D eigenvalue weighted by molar-refractivity contribution is 0.241. The molecule has 2 aromatic carbocycles. The summed E-state index contributed by atoms with van der Waals surface area (Å²) in [7, 11) is 0. The second-order valence-electron chi connectivity index (χ2n) is 9.37. The SMILES string of the molecule is [C-]#[N+]c1cnn(-c2cc(-c3ccccc3)n(C(C)(C)n3nc(-n4cc(C#N)cn4)cc3-c3ccccc3)n2)c1. The molecular weight excluding hydrogens is 488 g/mol. The predicted molar refractivity (Wildman–Crippen MR) is 145 cm³/mol. The molecule has 39 heavy (non-hydrogen) atoms. The molecule has 0 saturated heterocycles. The molecule has 0 N–H and O–H groups in total. The first-order chi connectivity index (χ1) is 19.0. The summed E-state index contributed by atoms with van der Waals surface area (Å²) in [6, 6.07) is 26.0. The Morgan fingerprint density at radius 3 is 1.74 bits per heavy atom. The van der Waals surface area contributed by atoms with E-state index in [2.05, 4.69) is 21.1 Å². The van der Waals surface area contributed by atoms with E-state index >= 15 is 0 Å². The summed E-state index contributed by atoms with van der Waals surface area (Å²) in [6.07, 6.45) is 6.35. The van der Waals surface area contributed by atoms with E-state index in [-0.39, 0.29) is 0 Å². The Morgan fingerprint density at radius 1 is 0.769 bits per heavy atom. The molecule has 0 aliphatic rings. The molecule has 0 fully saturated rings. The monoisotopic (exact) mass is 510 g/mol. The summed E-state index contributed by atoms with van der Waals surface area (Å²) < 4.78 is 7.04. The van der Waals surface area contributed by atoms with Gasteiger partial charge in [-0.3, -0.25) is 0 Å². The molecule has 0 aliphatic heterocycles. The Balaban J connectivity index is 1.56. The zero-order valence-electron chi connectivity index (χ0n) is 21.2. The van der Waals surface area contributed by atoms with E-state index in [1.165, 1.54) is 12.4 Å². The van der Waals surface area contributed by atoms with Crippen LogP contribution < -0.4 is 0 Å². The van der Waals surface area contributed by atoms with Gasteiger partial charge in [-0.15, -0.1) is 0 Å². The van der Waals surface area contributed by atoms with Crippen molar-refractivity contribution < 1.29 is 0 Å². The van der Waals surface area contributed by atoms with Gasteiger partial charge in [-0.1, -0.05) is 60.7 Å². The largest absolute Gasteiger partial charge is 0.236 e. The maximum Gasteiger partial charge on any atom is 0.224 e. The van der Waals surface area contributed by atoms with Crippen LogP contribution in [0.3, 0.4) is 0 Å². The summed E-state index contributed by atoms with van der Waals surface area (Å²) in [4.78, 5) is 3.47. The van der Waals surface area contributed by atoms with Crippen molar-refractivity contribution in [3.8, 4) is 40.2 Å². The number of hydrogen-bond acceptors (Lipinski definition) is 5. The lowest BCUT2D eigenvalue weighted by atomic mass is 10.1. The molecule has 0 atom stereocenters. The van der Waals surface area contributed by atoms with E-state index in [1.807, 2.05) is 96.0 Å². The molecule has 0 bridgehead atoms. The summed E-state index contributed by atoms with van der Waals surface area (Å²) in [5, 5.41) is 27.9. The summed E-state index contributed by atoms with van der Waals surface area (Å²) in [5.41, 5.74) is 3.73. The van der Waals surface area contributed by atoms with E-state index < -0.39 is 5.66 Å². The van der Waals surface area contributed by atoms with Crippen molar-refractivity contribution in [1.82, 2.24) is 39.1 Å². The fraction of sp³-hybridized carbons (Fsp3) is 0.103. The molecule has 0 amide bonds. The first kappa shape index (κ1) is 23.6. The molecule has 4 aromatic heterocycles. The number of nitrogens with zero attached hydrogens (tertiary/aromatic N) is 10. The van der Waals surface area contributed by atoms with E-state index in [9.17, 15) is 5.26 Å². The molecule has 0 spiro atoms. The Morgan fingerprint density at radius 2 is 1.28 bits per heavy atom. The van der Waals surface area contributed by atoms with E-state index in [0.717, 1.165) is 22.5 Å². The maximum absolute atomic E-state index is 9.30. The van der Waals surface area contributed by atoms with Crippen molar-refractivity contribution in [3.05, 3.63) is 115 Å². The highest BCUT2D eigenvalue weighted by molar-refractivity contribution is 5.64. The van der Waals surface area contributed by atoms with Gasteiger partial charge in [0.15, 0.2) is 11.6 Å². The van der Waals surface area contributed by atoms with Crippen molar-refractivity contribution >= 4 is 5.69 Å². The Bertz CT molecular complexity index is 1720. The minimum Gasteiger partial charge on any atom is -0.236 e. The third-order valence-corrected chi connectivity index (χ3v) is 6.45. The third kappa shape index (κ3) is 4.16. The lowest BCUT2D eigenvalue weighted by Gasteiger charge is -2.30. The average Bonchev–Trinajstić information content (AvgIpc) is 3.78. The molecule has 0 radical (unpaired) electrons. The van der Waals surface area contributed by atoms with Crippen LogP contribution in [0.2, 0.25) is 0 Å². The van der Waals surface area contributed by atoms with Crippen LogP contribution >= 0.6 is 0 Å². The van der Waals surface area contributed by atoms with Gasteiger partial charge in [0, 0.05) is 18.3 Å². The van der Waals surface area contributed by atoms with Gasteiger partial charge in [-0.25, -0.2) is 23.6 Å². The quantitative estimate of drug-likeness (QED) is 0.278. The topological polar surface area (TPSA) is 99.4 Å². The summed E-state index contributed by atoms with van der Waals surface area (Å²) in [5.74, 6) is 1.15. The molecule has 10 nitrogen and oxygen atoms in total. The van der Waals surface area contributed by atoms with Gasteiger partial charge < -0.3 is 0 Å². The second-order valence-corrected chi connectivity index (χ2v) is 9.37. The van der Waals surface area contributed by atoms with Crippen LogP contribution in [0.1, 0.15) is 19.4 Å². The van der Waals surface area contributed by atoms with Gasteiger partial charge in [0.1, 0.15) is 11.7 Å². The number of aromatic nitrogens is 8. The first-order valence-electron chi connectivity index (χ1n) is 12.2. The van der Waals surface area contributed by atoms with Crippen LogP contribution in [-0.2, 0) is 5.66 Å². The van der Waals surface area contributed by atoms with Crippen LogP contribution in [0.25, 0.3) is 39.0 Å². The van der Waals surface area contributed by atoms with Crippen molar-refractivity contribution in [2.24, 2.45) is 0 Å². The third-order valence-electron chi connectivity index (χ3n) is 6.45. The number of rotatable bonds is 6. The smallest absolute Gasteiger partial charge is 0.224 e. The van der Waals surface area contributed by atoms with Crippen molar-refractivity contribution in [3.63, 3.8) is 0 Å². The lowest BCUT2D eigenvalue weighted by Crippen LogP contribution is -2.38. The van der Waals surface area contributed by atoms with Gasteiger partial charge in [0.05, 0.1) is 42.1 Å². The Labute approximate surface area is 224 Å². The highest BCUT2D eigenvalue weighted by atomic mass is 15.5. The van der Waals surface area contributed by atoms with Gasteiger partial charge in [-0.05, 0) is 25.0 Å². The van der Waals surface area contributed by atoms with Gasteiger partial charge in [-0.2, -0.15) is 25.7 Å². The van der Waals surface area contributed by atoms with E-state index in [1.54, 1.807) is 21.8 Å². The molecular formula is C29H22N10. The van der Waals surface area contributed by atoms with Crippen LogP contribution in [0, 0.1) is 17.9 Å². The number of hydrogen-bond donors (Lipinski definition) is 0. The maximum atomic E-state index is 9.30. The van der Waals surface area contributed by atoms with Crippen LogP contribution in [0.5, 0.6) is 0 Å². The minimum atomic E-state index is -0.812. The molecule has 6 aromatic rings. The van der Waals surface area contributed by atoms with E-state index in [0.29, 0.717) is 22.9 Å². The van der Waals surface area contributed by atoms with Gasteiger partial charge in [0.25, 0.3) is 0 Å². The Kier molecular flexibility index (Phi) is 5.63. The van der Waals surface area contributed by atoms with Crippen molar-refractivity contribution in [1.29, 1.82) is 5.26 Å². The fourth-order valence-corrected chi connectivity index (χ4v) is 4.52. The van der Waals surface area contributed by atoms with Crippen molar-refractivity contribution in [2.75, 3.05) is 0 Å². The van der Waals surface area contributed by atoms with Gasteiger partial charge in [0.2, 0.25) is 5.69 Å². The number of benzene rings is 2. The standard InChI is InChI=1S/C29H22N10/c1-29(2,38-25(22-10-6-4-7-11-22)14-27(34-38)36-19-21(16-30)17-32-36)39-26(23-12-8-5-9-13-23)15-28(35-39)37-20-24(31-3)18-33-37/h4-15,17-20H,1-2H3. The minimum absolute atomic E-state index is 0.434. The molecule has 4 heterocycles. The Hall–Kier alpha value is -5.74. The fourth-order valence-electron chi connectivity index (χ4n) is 4.52. The molecule has 0 unspecified atom stereocenters. The first-order valence-corrected chi connectivity index (χ1v) is 12.2. The second kappa shape index (κ2) is 9.29. The summed E-state index contributed by atoms with van der Waals surface area (Å²) >= 11 is 0. The zero-order chi connectivity index (χ0) is 27.0. The predicted octanol–water partition coefficient (Wildman–Crippen LogP) is 5.45. The normalized spacial score (nSPS) is 11.3. The van der Waals surface area contributed by atoms with E-state index in [4.69, 9.17) is 16.8 Å². The molecule has 188 valence electrons. The van der Waals surface area contributed by atoms with Gasteiger partial charge >= 0.3 is 0 Å². The highest BCUT2D eigenvalue weighted by Crippen LogP contribution is 2.33. The highest BCUT2D eigenvalue weighted by Gasteiger charge is 2.32. The molecule has 0 aliphatic carbocycles. The average molecular weight is 511 g/mol. The summed E-state index contributed by atoms with van der Waals surface area (Å²) in [6.45, 7) is 11.4. The number of nitriles is 1. The van der Waals surface area contributed by atoms with Crippen LogP contribution in [0.4, 0.5) is 5.69 Å². The molecule has 6 rings (SSSR count). The zero-order valence-corrected chi connectivity index (χ0v) is 21.2. The van der Waals surface area contributed by atoms with Crippen molar-refractivity contribution in [2.45, 2.75) is 19.5 Å². The van der Waals surface area contributed by atoms with Crippen LogP contribution in [-0.4, -0.2) is 39.1 Å².